The highest BCUT2D eigenvalue weighted by atomic mass is 35.5. The van der Waals surface area contributed by atoms with Gasteiger partial charge in [-0.3, -0.25) is 9.48 Å². The van der Waals surface area contributed by atoms with E-state index in [9.17, 15) is 14.7 Å². The molecule has 2 aromatic rings. The van der Waals surface area contributed by atoms with Crippen molar-refractivity contribution in [2.75, 3.05) is 7.11 Å². The Bertz CT molecular complexity index is 690. The maximum Gasteiger partial charge on any atom is 0.330 e. The van der Waals surface area contributed by atoms with Gasteiger partial charge in [0.2, 0.25) is 5.91 Å². The Balaban J connectivity index is 2.04. The molecule has 0 aliphatic heterocycles. The van der Waals surface area contributed by atoms with Crippen LogP contribution < -0.4 is 10.1 Å². The number of carboxylic acid groups (broad SMARTS) is 1. The van der Waals surface area contributed by atoms with Gasteiger partial charge in [0.15, 0.2) is 6.04 Å². The van der Waals surface area contributed by atoms with Gasteiger partial charge in [0.1, 0.15) is 18.4 Å². The molecule has 2 N–H and O–H groups in total. The largest absolute Gasteiger partial charge is 0.495 e. The van der Waals surface area contributed by atoms with E-state index in [1.807, 2.05) is 0 Å². The molecule has 0 radical (unpaired) electrons. The summed E-state index contributed by atoms with van der Waals surface area (Å²) in [7, 11) is 1.46. The number of carbonyl (C=O) groups excluding carboxylic acids is 1. The minimum absolute atomic E-state index is 0.0804. The van der Waals surface area contributed by atoms with Crippen molar-refractivity contribution in [2.45, 2.75) is 19.0 Å². The number of carboxylic acids is 1. The van der Waals surface area contributed by atoms with Gasteiger partial charge >= 0.3 is 5.97 Å². The summed E-state index contributed by atoms with van der Waals surface area (Å²) in [6.45, 7) is 0.307. The second-order valence-corrected chi connectivity index (χ2v) is 5.05. The van der Waals surface area contributed by atoms with Crippen LogP contribution in [0.25, 0.3) is 0 Å². The zero-order valence-corrected chi connectivity index (χ0v) is 13.0. The third-order valence-electron chi connectivity index (χ3n) is 3.10. The van der Waals surface area contributed by atoms with Gasteiger partial charge in [-0.1, -0.05) is 17.7 Å². The van der Waals surface area contributed by atoms with E-state index in [1.165, 1.54) is 30.5 Å². The normalized spacial score (nSPS) is 11.7. The number of amides is 1. The van der Waals surface area contributed by atoms with Gasteiger partial charge in [-0.2, -0.15) is 5.10 Å². The number of ether oxygens (including phenoxy) is 1. The number of aromatic nitrogens is 3. The number of benzene rings is 1. The summed E-state index contributed by atoms with van der Waals surface area (Å²) in [6.07, 6.45) is 2.92. The molecular weight excluding hydrogens is 324 g/mol. The molecule has 1 amide bonds. The van der Waals surface area contributed by atoms with Crippen molar-refractivity contribution in [1.82, 2.24) is 20.1 Å². The highest BCUT2D eigenvalue weighted by Gasteiger charge is 2.23. The smallest absolute Gasteiger partial charge is 0.330 e. The first-order chi connectivity index (χ1) is 11.0. The van der Waals surface area contributed by atoms with Gasteiger partial charge in [-0.15, -0.1) is 0 Å². The summed E-state index contributed by atoms with van der Waals surface area (Å²) < 4.78 is 6.50. The van der Waals surface area contributed by atoms with Crippen LogP contribution >= 0.6 is 11.6 Å². The first-order valence-electron chi connectivity index (χ1n) is 6.69. The van der Waals surface area contributed by atoms with Gasteiger partial charge in [0.05, 0.1) is 18.7 Å². The minimum Gasteiger partial charge on any atom is -0.495 e. The van der Waals surface area contributed by atoms with Crippen LogP contribution in [0.2, 0.25) is 5.02 Å². The number of rotatable bonds is 7. The minimum atomic E-state index is -1.19. The predicted molar refractivity (Wildman–Crippen MR) is 81.2 cm³/mol. The van der Waals surface area contributed by atoms with E-state index in [0.29, 0.717) is 17.9 Å². The van der Waals surface area contributed by atoms with Crippen LogP contribution in [-0.4, -0.2) is 38.9 Å². The van der Waals surface area contributed by atoms with E-state index < -0.39 is 17.9 Å². The molecule has 23 heavy (non-hydrogen) atoms. The Hall–Kier alpha value is -2.61. The molecule has 0 fully saturated rings. The van der Waals surface area contributed by atoms with Crippen molar-refractivity contribution < 1.29 is 19.4 Å². The van der Waals surface area contributed by atoms with E-state index >= 15 is 0 Å². The average Bonchev–Trinajstić information content (AvgIpc) is 3.03. The van der Waals surface area contributed by atoms with E-state index in [2.05, 4.69) is 15.4 Å². The molecule has 122 valence electrons. The van der Waals surface area contributed by atoms with Crippen molar-refractivity contribution in [1.29, 1.82) is 0 Å². The fraction of sp³-hybridized carbons (Fsp3) is 0.286. The number of nitrogens with zero attached hydrogens (tertiary/aromatic N) is 3. The molecule has 0 saturated carbocycles. The topological polar surface area (TPSA) is 106 Å². The molecule has 0 spiro atoms. The van der Waals surface area contributed by atoms with Crippen LogP contribution in [0, 0.1) is 0 Å². The maximum absolute atomic E-state index is 11.9. The third kappa shape index (κ3) is 4.43. The fourth-order valence-electron chi connectivity index (χ4n) is 1.95. The number of halogens is 1. The van der Waals surface area contributed by atoms with Crippen LogP contribution in [-0.2, 0) is 16.1 Å². The van der Waals surface area contributed by atoms with E-state index in [4.69, 9.17) is 16.3 Å². The van der Waals surface area contributed by atoms with Crippen molar-refractivity contribution in [3.63, 3.8) is 0 Å². The first-order valence-corrected chi connectivity index (χ1v) is 7.07. The molecule has 0 bridgehead atoms. The number of hydrogen-bond donors (Lipinski definition) is 2. The zero-order valence-electron chi connectivity index (χ0n) is 12.3. The molecule has 1 atom stereocenters. The Kier molecular flexibility index (Phi) is 5.53. The van der Waals surface area contributed by atoms with Crippen molar-refractivity contribution >= 4 is 23.5 Å². The molecule has 1 aromatic heterocycles. The second kappa shape index (κ2) is 7.59. The Morgan fingerprint density at radius 1 is 1.48 bits per heavy atom. The molecule has 0 aliphatic carbocycles. The highest BCUT2D eigenvalue weighted by molar-refractivity contribution is 6.32. The fourth-order valence-corrected chi connectivity index (χ4v) is 2.21. The number of aryl methyl sites for hydroxylation is 1. The summed E-state index contributed by atoms with van der Waals surface area (Å²) in [5.74, 6) is -1.17. The SMILES string of the molecule is COc1ccc(C(NC(=O)CCn2cncn2)C(=O)O)cc1Cl. The Morgan fingerprint density at radius 3 is 2.83 bits per heavy atom. The first kappa shape index (κ1) is 16.8. The molecular formula is C14H15ClN4O4. The van der Waals surface area contributed by atoms with E-state index in [1.54, 1.807) is 12.1 Å². The second-order valence-electron chi connectivity index (χ2n) is 4.64. The lowest BCUT2D eigenvalue weighted by Gasteiger charge is -2.16. The lowest BCUT2D eigenvalue weighted by Crippen LogP contribution is -2.34. The van der Waals surface area contributed by atoms with Gasteiger partial charge in [0.25, 0.3) is 0 Å². The molecule has 0 saturated heterocycles. The lowest BCUT2D eigenvalue weighted by atomic mass is 10.1. The van der Waals surface area contributed by atoms with Crippen LogP contribution in [0.4, 0.5) is 0 Å². The molecule has 9 heteroatoms. The zero-order chi connectivity index (χ0) is 16.8. The maximum atomic E-state index is 11.9. The van der Waals surface area contributed by atoms with Crippen LogP contribution in [0.3, 0.4) is 0 Å². The van der Waals surface area contributed by atoms with Crippen molar-refractivity contribution in [3.05, 3.63) is 41.4 Å². The van der Waals surface area contributed by atoms with E-state index in [-0.39, 0.29) is 11.4 Å². The van der Waals surface area contributed by atoms with Gasteiger partial charge in [-0.05, 0) is 17.7 Å². The van der Waals surface area contributed by atoms with Crippen molar-refractivity contribution in [2.24, 2.45) is 0 Å². The van der Waals surface area contributed by atoms with Crippen LogP contribution in [0.5, 0.6) is 5.75 Å². The van der Waals surface area contributed by atoms with Crippen LogP contribution in [0.15, 0.2) is 30.9 Å². The van der Waals surface area contributed by atoms with Gasteiger partial charge < -0.3 is 15.2 Å². The molecule has 1 unspecified atom stereocenters. The quantitative estimate of drug-likeness (QED) is 0.787. The van der Waals surface area contributed by atoms with Crippen molar-refractivity contribution in [3.8, 4) is 5.75 Å². The third-order valence-corrected chi connectivity index (χ3v) is 3.39. The summed E-state index contributed by atoms with van der Waals surface area (Å²) in [4.78, 5) is 27.1. The molecule has 0 aliphatic rings. The van der Waals surface area contributed by atoms with Crippen LogP contribution in [0.1, 0.15) is 18.0 Å². The summed E-state index contributed by atoms with van der Waals surface area (Å²) >= 11 is 5.99. The average molecular weight is 339 g/mol. The molecule has 2 rings (SSSR count). The Labute approximate surface area is 137 Å². The molecule has 1 heterocycles. The summed E-state index contributed by atoms with van der Waals surface area (Å²) in [6, 6.07) is 3.36. The summed E-state index contributed by atoms with van der Waals surface area (Å²) in [5.41, 5.74) is 0.359. The van der Waals surface area contributed by atoms with Gasteiger partial charge in [-0.25, -0.2) is 9.78 Å². The number of methoxy groups -OCH3 is 1. The predicted octanol–water partition coefficient (Wildman–Crippen LogP) is 1.27. The number of carbonyl (C=O) groups is 2. The monoisotopic (exact) mass is 338 g/mol. The lowest BCUT2D eigenvalue weighted by molar-refractivity contribution is -0.142. The number of hydrogen-bond acceptors (Lipinski definition) is 5. The number of aliphatic carboxylic acids is 1. The van der Waals surface area contributed by atoms with E-state index in [0.717, 1.165) is 0 Å². The van der Waals surface area contributed by atoms with Gasteiger partial charge in [0, 0.05) is 6.42 Å². The number of nitrogens with one attached hydrogen (secondary N) is 1. The highest BCUT2D eigenvalue weighted by Crippen LogP contribution is 2.27. The summed E-state index contributed by atoms with van der Waals surface area (Å²) in [5, 5.41) is 15.9. The Morgan fingerprint density at radius 2 is 2.26 bits per heavy atom. The molecule has 8 nitrogen and oxygen atoms in total. The molecule has 1 aromatic carbocycles. The standard InChI is InChI=1S/C14H15ClN4O4/c1-23-11-3-2-9(6-10(11)15)13(14(21)22)18-12(20)4-5-19-8-16-7-17-19/h2-3,6-8,13H,4-5H2,1H3,(H,18,20)(H,21,22).